The Morgan fingerprint density at radius 3 is 2.46 bits per heavy atom. The lowest BCUT2D eigenvalue weighted by Gasteiger charge is -2.34. The van der Waals surface area contributed by atoms with E-state index in [1.165, 1.54) is 16.0 Å². The first-order chi connectivity index (χ1) is 16.9. The van der Waals surface area contributed by atoms with Gasteiger partial charge in [-0.2, -0.15) is 0 Å². The second kappa shape index (κ2) is 9.64. The predicted molar refractivity (Wildman–Crippen MR) is 138 cm³/mol. The standard InChI is InChI=1S/C26H32N6O2S/c1-16-5-7-20(8-6-16)24-23-17(2)18(3)35-26(23)32-19(4)28-29-25(32)21(27-24)15-22(34)31-11-9-30(10-12-31)13-14-33/h5-8,21,33H,9-15H2,1-4H3/t21-/m0/s1. The fraction of sp³-hybridized carbons (Fsp3) is 0.462. The molecule has 2 aliphatic rings. The summed E-state index contributed by atoms with van der Waals surface area (Å²) in [5, 5.41) is 19.2. The Hall–Kier alpha value is -2.88. The van der Waals surface area contributed by atoms with Crippen molar-refractivity contribution in [1.29, 1.82) is 0 Å². The Bertz CT molecular complexity index is 1270. The minimum atomic E-state index is -0.421. The van der Waals surface area contributed by atoms with E-state index in [2.05, 4.69) is 64.7 Å². The van der Waals surface area contributed by atoms with Crippen LogP contribution in [0.2, 0.25) is 0 Å². The molecule has 2 aromatic heterocycles. The zero-order valence-electron chi connectivity index (χ0n) is 20.8. The van der Waals surface area contributed by atoms with Crippen molar-refractivity contribution in [3.63, 3.8) is 0 Å². The van der Waals surface area contributed by atoms with Crippen LogP contribution in [0.15, 0.2) is 29.3 Å². The fourth-order valence-electron chi connectivity index (χ4n) is 4.89. The van der Waals surface area contributed by atoms with Gasteiger partial charge in [0.25, 0.3) is 0 Å². The zero-order chi connectivity index (χ0) is 24.7. The summed E-state index contributed by atoms with van der Waals surface area (Å²) in [4.78, 5) is 24.0. The summed E-state index contributed by atoms with van der Waals surface area (Å²) in [7, 11) is 0. The molecule has 0 unspecified atom stereocenters. The monoisotopic (exact) mass is 492 g/mol. The van der Waals surface area contributed by atoms with E-state index in [0.717, 1.165) is 46.6 Å². The van der Waals surface area contributed by atoms with Crippen LogP contribution in [0, 0.1) is 27.7 Å². The van der Waals surface area contributed by atoms with Crippen molar-refractivity contribution in [2.75, 3.05) is 39.3 Å². The number of rotatable bonds is 5. The van der Waals surface area contributed by atoms with Crippen LogP contribution >= 0.6 is 11.3 Å². The van der Waals surface area contributed by atoms with Gasteiger partial charge in [0.2, 0.25) is 5.91 Å². The maximum atomic E-state index is 13.4. The molecule has 0 bridgehead atoms. The number of β-amino-alcohol motifs (C(OH)–C–C–N with tert-alkyl or cyclic N) is 1. The van der Waals surface area contributed by atoms with Gasteiger partial charge in [0.05, 0.1) is 18.7 Å². The molecule has 1 saturated heterocycles. The van der Waals surface area contributed by atoms with Gasteiger partial charge in [0.15, 0.2) is 5.82 Å². The molecule has 5 rings (SSSR count). The SMILES string of the molecule is Cc1ccc(C2=N[C@@H](CC(=O)N3CCN(CCO)CC3)c3nnc(C)n3-c3sc(C)c(C)c32)cc1. The molecule has 4 heterocycles. The van der Waals surface area contributed by atoms with Crippen molar-refractivity contribution in [2.24, 2.45) is 4.99 Å². The maximum Gasteiger partial charge on any atom is 0.225 e. The highest BCUT2D eigenvalue weighted by Crippen LogP contribution is 2.39. The summed E-state index contributed by atoms with van der Waals surface area (Å²) < 4.78 is 2.10. The lowest BCUT2D eigenvalue weighted by Crippen LogP contribution is -2.49. The number of benzene rings is 1. The van der Waals surface area contributed by atoms with Gasteiger partial charge >= 0.3 is 0 Å². The van der Waals surface area contributed by atoms with E-state index >= 15 is 0 Å². The normalized spacial score (nSPS) is 18.1. The Morgan fingerprint density at radius 2 is 1.77 bits per heavy atom. The molecule has 0 aliphatic carbocycles. The molecule has 1 aromatic carbocycles. The fourth-order valence-corrected chi connectivity index (χ4v) is 6.11. The molecular formula is C26H32N6O2S. The van der Waals surface area contributed by atoms with Crippen molar-refractivity contribution in [2.45, 2.75) is 40.2 Å². The second-order valence-corrected chi connectivity index (χ2v) is 10.6. The van der Waals surface area contributed by atoms with Crippen LogP contribution in [-0.2, 0) is 4.79 Å². The van der Waals surface area contributed by atoms with E-state index in [4.69, 9.17) is 4.99 Å². The topological polar surface area (TPSA) is 86.8 Å². The highest BCUT2D eigenvalue weighted by Gasteiger charge is 2.33. The first-order valence-electron chi connectivity index (χ1n) is 12.2. The number of piperazine rings is 1. The number of fused-ring (bicyclic) bond motifs is 3. The number of aromatic nitrogens is 3. The Morgan fingerprint density at radius 1 is 1.06 bits per heavy atom. The van der Waals surface area contributed by atoms with Crippen LogP contribution in [-0.4, -0.2) is 80.6 Å². The molecule has 0 saturated carbocycles. The molecule has 1 atom stereocenters. The van der Waals surface area contributed by atoms with Crippen LogP contribution in [0.4, 0.5) is 0 Å². The van der Waals surface area contributed by atoms with Gasteiger partial charge in [-0.1, -0.05) is 29.8 Å². The molecule has 9 heteroatoms. The number of aliphatic hydroxyl groups excluding tert-OH is 1. The number of aliphatic hydroxyl groups is 1. The summed E-state index contributed by atoms with van der Waals surface area (Å²) in [6, 6.07) is 8.02. The van der Waals surface area contributed by atoms with Crippen molar-refractivity contribution in [3.05, 3.63) is 63.0 Å². The number of carbonyl (C=O) groups is 1. The number of carbonyl (C=O) groups excluding carboxylic acids is 1. The number of nitrogens with zero attached hydrogens (tertiary/aromatic N) is 6. The van der Waals surface area contributed by atoms with Gasteiger partial charge < -0.3 is 10.0 Å². The van der Waals surface area contributed by atoms with Crippen molar-refractivity contribution in [1.82, 2.24) is 24.6 Å². The molecule has 0 radical (unpaired) electrons. The molecular weight excluding hydrogens is 460 g/mol. The van der Waals surface area contributed by atoms with Gasteiger partial charge in [-0.05, 0) is 33.3 Å². The molecule has 2 aliphatic heterocycles. The lowest BCUT2D eigenvalue weighted by atomic mass is 9.99. The van der Waals surface area contributed by atoms with E-state index in [0.29, 0.717) is 19.6 Å². The van der Waals surface area contributed by atoms with E-state index < -0.39 is 6.04 Å². The third kappa shape index (κ3) is 4.44. The van der Waals surface area contributed by atoms with Crippen LogP contribution < -0.4 is 0 Å². The zero-order valence-corrected chi connectivity index (χ0v) is 21.6. The number of aryl methyl sites for hydroxylation is 3. The summed E-state index contributed by atoms with van der Waals surface area (Å²) in [5.74, 6) is 1.60. The number of thiophene rings is 1. The largest absolute Gasteiger partial charge is 0.395 e. The van der Waals surface area contributed by atoms with E-state index in [1.807, 2.05) is 11.8 Å². The number of amides is 1. The van der Waals surface area contributed by atoms with Crippen molar-refractivity contribution >= 4 is 23.0 Å². The van der Waals surface area contributed by atoms with Crippen molar-refractivity contribution in [3.8, 4) is 5.00 Å². The molecule has 35 heavy (non-hydrogen) atoms. The summed E-state index contributed by atoms with van der Waals surface area (Å²) in [6.45, 7) is 12.0. The number of hydrogen-bond donors (Lipinski definition) is 1. The lowest BCUT2D eigenvalue weighted by molar-refractivity contribution is -0.133. The third-order valence-corrected chi connectivity index (χ3v) is 8.27. The highest BCUT2D eigenvalue weighted by molar-refractivity contribution is 7.15. The minimum Gasteiger partial charge on any atom is -0.395 e. The number of hydrogen-bond acceptors (Lipinski definition) is 7. The Balaban J connectivity index is 1.54. The van der Waals surface area contributed by atoms with Gasteiger partial charge in [-0.15, -0.1) is 21.5 Å². The highest BCUT2D eigenvalue weighted by atomic mass is 32.1. The van der Waals surface area contributed by atoms with Crippen molar-refractivity contribution < 1.29 is 9.90 Å². The predicted octanol–water partition coefficient (Wildman–Crippen LogP) is 2.98. The van der Waals surface area contributed by atoms with Crippen LogP contribution in [0.25, 0.3) is 5.00 Å². The van der Waals surface area contributed by atoms with Crippen LogP contribution in [0.3, 0.4) is 0 Å². The Labute approximate surface area is 209 Å². The van der Waals surface area contributed by atoms with E-state index in [1.54, 1.807) is 11.3 Å². The molecule has 3 aromatic rings. The minimum absolute atomic E-state index is 0.0796. The van der Waals surface area contributed by atoms with Crippen LogP contribution in [0.1, 0.15) is 51.2 Å². The average molecular weight is 493 g/mol. The van der Waals surface area contributed by atoms with E-state index in [-0.39, 0.29) is 18.9 Å². The summed E-state index contributed by atoms with van der Waals surface area (Å²) in [6.07, 6.45) is 0.250. The molecule has 1 fully saturated rings. The first-order valence-corrected chi connectivity index (χ1v) is 13.0. The van der Waals surface area contributed by atoms with Gasteiger partial charge in [0, 0.05) is 48.7 Å². The summed E-state index contributed by atoms with van der Waals surface area (Å²) in [5.41, 5.74) is 5.46. The third-order valence-electron chi connectivity index (χ3n) is 7.07. The second-order valence-electron chi connectivity index (χ2n) is 9.41. The molecule has 8 nitrogen and oxygen atoms in total. The first kappa shape index (κ1) is 23.8. The van der Waals surface area contributed by atoms with Gasteiger partial charge in [-0.25, -0.2) is 0 Å². The molecule has 1 N–H and O–H groups in total. The molecule has 0 spiro atoms. The summed E-state index contributed by atoms with van der Waals surface area (Å²) >= 11 is 1.73. The van der Waals surface area contributed by atoms with Gasteiger partial charge in [0.1, 0.15) is 16.9 Å². The maximum absolute atomic E-state index is 13.4. The quantitative estimate of drug-likeness (QED) is 0.592. The van der Waals surface area contributed by atoms with E-state index in [9.17, 15) is 9.90 Å². The molecule has 1 amide bonds. The number of aliphatic imine (C=N–C) groups is 1. The smallest absolute Gasteiger partial charge is 0.225 e. The molecule has 184 valence electrons. The van der Waals surface area contributed by atoms with Crippen LogP contribution in [0.5, 0.6) is 0 Å². The average Bonchev–Trinajstić information content (AvgIpc) is 3.32. The Kier molecular flexibility index (Phi) is 6.57. The van der Waals surface area contributed by atoms with Gasteiger partial charge in [-0.3, -0.25) is 19.3 Å².